The Hall–Kier alpha value is -3.27. The van der Waals surface area contributed by atoms with E-state index in [0.29, 0.717) is 13.1 Å². The molecule has 3 rings (SSSR count). The predicted molar refractivity (Wildman–Crippen MR) is 128 cm³/mol. The summed E-state index contributed by atoms with van der Waals surface area (Å²) in [6.45, 7) is 2.96. The first kappa shape index (κ1) is 22.4. The average Bonchev–Trinajstić information content (AvgIpc) is 2.79. The van der Waals surface area contributed by atoms with Crippen LogP contribution >= 0.6 is 0 Å². The number of nitrogens with zero attached hydrogens (tertiary/aromatic N) is 2. The first-order valence-corrected chi connectivity index (χ1v) is 10.7. The fraction of sp³-hybridized carbons (Fsp3) is 0.296. The molecule has 4 heteroatoms. The second kappa shape index (κ2) is 10.7. The van der Waals surface area contributed by atoms with Crippen molar-refractivity contribution in [2.24, 2.45) is 0 Å². The van der Waals surface area contributed by atoms with Crippen LogP contribution in [0.4, 0.5) is 5.69 Å². The molecule has 0 saturated heterocycles. The van der Waals surface area contributed by atoms with Gasteiger partial charge in [0.2, 0.25) is 5.91 Å². The first-order valence-electron chi connectivity index (χ1n) is 10.7. The van der Waals surface area contributed by atoms with Crippen LogP contribution in [0.3, 0.4) is 0 Å². The van der Waals surface area contributed by atoms with Crippen LogP contribution < -0.4 is 9.64 Å². The summed E-state index contributed by atoms with van der Waals surface area (Å²) in [5.74, 6) is 1.16. The number of benzene rings is 3. The van der Waals surface area contributed by atoms with Gasteiger partial charge in [0.05, 0.1) is 7.11 Å². The lowest BCUT2D eigenvalue weighted by molar-refractivity contribution is -0.129. The van der Waals surface area contributed by atoms with E-state index < -0.39 is 0 Å². The Morgan fingerprint density at radius 1 is 0.871 bits per heavy atom. The molecule has 1 unspecified atom stereocenters. The molecular weight excluding hydrogens is 384 g/mol. The van der Waals surface area contributed by atoms with Crippen molar-refractivity contribution in [3.05, 3.63) is 95.6 Å². The standard InChI is InChI=1S/C27H32N2O2/c1-21(30)29(20-22-10-14-25(15-11-22)28(2)3)19-18-27(23-8-6-5-7-9-23)24-12-16-26(31-4)17-13-24/h5-17,27H,18-20H2,1-4H3. The minimum Gasteiger partial charge on any atom is -0.497 e. The molecule has 0 aromatic heterocycles. The summed E-state index contributed by atoms with van der Waals surface area (Å²) in [5, 5.41) is 0. The summed E-state index contributed by atoms with van der Waals surface area (Å²) in [4.78, 5) is 16.4. The van der Waals surface area contributed by atoms with Gasteiger partial charge in [0.25, 0.3) is 0 Å². The Bertz CT molecular complexity index is 951. The lowest BCUT2D eigenvalue weighted by Crippen LogP contribution is -2.30. The summed E-state index contributed by atoms with van der Waals surface area (Å²) >= 11 is 0. The van der Waals surface area contributed by atoms with Gasteiger partial charge in [0.15, 0.2) is 0 Å². The molecule has 3 aromatic rings. The second-order valence-corrected chi connectivity index (χ2v) is 8.03. The molecule has 0 bridgehead atoms. The highest BCUT2D eigenvalue weighted by Crippen LogP contribution is 2.30. The minimum absolute atomic E-state index is 0.0956. The molecule has 0 aliphatic carbocycles. The third-order valence-electron chi connectivity index (χ3n) is 5.68. The van der Waals surface area contributed by atoms with E-state index in [9.17, 15) is 4.79 Å². The van der Waals surface area contributed by atoms with Gasteiger partial charge >= 0.3 is 0 Å². The van der Waals surface area contributed by atoms with Crippen LogP contribution in [0.25, 0.3) is 0 Å². The molecule has 1 amide bonds. The maximum Gasteiger partial charge on any atom is 0.219 e. The van der Waals surface area contributed by atoms with Crippen LogP contribution in [0.2, 0.25) is 0 Å². The van der Waals surface area contributed by atoms with E-state index in [-0.39, 0.29) is 11.8 Å². The molecule has 0 fully saturated rings. The van der Waals surface area contributed by atoms with Gasteiger partial charge in [-0.25, -0.2) is 0 Å². The lowest BCUT2D eigenvalue weighted by Gasteiger charge is -2.25. The maximum absolute atomic E-state index is 12.4. The second-order valence-electron chi connectivity index (χ2n) is 8.03. The Labute approximate surface area is 186 Å². The van der Waals surface area contributed by atoms with E-state index in [2.05, 4.69) is 65.6 Å². The van der Waals surface area contributed by atoms with Gasteiger partial charge in [-0.1, -0.05) is 54.6 Å². The number of methoxy groups -OCH3 is 1. The Morgan fingerprint density at radius 3 is 2.03 bits per heavy atom. The lowest BCUT2D eigenvalue weighted by atomic mass is 9.88. The van der Waals surface area contributed by atoms with Crippen molar-refractivity contribution in [3.63, 3.8) is 0 Å². The van der Waals surface area contributed by atoms with Gasteiger partial charge in [-0.15, -0.1) is 0 Å². The van der Waals surface area contributed by atoms with E-state index in [1.165, 1.54) is 11.1 Å². The third kappa shape index (κ3) is 6.11. The van der Waals surface area contributed by atoms with Gasteiger partial charge < -0.3 is 14.5 Å². The van der Waals surface area contributed by atoms with Gasteiger partial charge in [0.1, 0.15) is 5.75 Å². The van der Waals surface area contributed by atoms with Crippen molar-refractivity contribution in [1.29, 1.82) is 0 Å². The van der Waals surface area contributed by atoms with Crippen molar-refractivity contribution in [2.75, 3.05) is 32.6 Å². The number of carbonyl (C=O) groups excluding carboxylic acids is 1. The summed E-state index contributed by atoms with van der Waals surface area (Å²) in [5.41, 5.74) is 4.78. The fourth-order valence-electron chi connectivity index (χ4n) is 3.80. The molecule has 4 nitrogen and oxygen atoms in total. The fourth-order valence-corrected chi connectivity index (χ4v) is 3.80. The molecule has 1 atom stereocenters. The highest BCUT2D eigenvalue weighted by Gasteiger charge is 2.18. The molecule has 0 aliphatic heterocycles. The van der Waals surface area contributed by atoms with Crippen LogP contribution in [-0.2, 0) is 11.3 Å². The number of hydrogen-bond acceptors (Lipinski definition) is 3. The molecule has 0 spiro atoms. The minimum atomic E-state index is 0.0956. The Balaban J connectivity index is 1.76. The van der Waals surface area contributed by atoms with Gasteiger partial charge in [0, 0.05) is 45.7 Å². The van der Waals surface area contributed by atoms with Crippen molar-refractivity contribution in [3.8, 4) is 5.75 Å². The number of rotatable bonds is 9. The zero-order valence-corrected chi connectivity index (χ0v) is 18.9. The van der Waals surface area contributed by atoms with E-state index >= 15 is 0 Å². The highest BCUT2D eigenvalue weighted by atomic mass is 16.5. The summed E-state index contributed by atoms with van der Waals surface area (Å²) in [6, 6.07) is 27.1. The monoisotopic (exact) mass is 416 g/mol. The zero-order valence-electron chi connectivity index (χ0n) is 18.9. The van der Waals surface area contributed by atoms with Crippen LogP contribution in [0.15, 0.2) is 78.9 Å². The number of hydrogen-bond donors (Lipinski definition) is 0. The molecule has 0 aliphatic rings. The number of carbonyl (C=O) groups is 1. The first-order chi connectivity index (χ1) is 15.0. The van der Waals surface area contributed by atoms with Gasteiger partial charge in [-0.05, 0) is 47.4 Å². The number of ether oxygens (including phenoxy) is 1. The molecular formula is C27H32N2O2. The van der Waals surface area contributed by atoms with Crippen LogP contribution in [0.1, 0.15) is 36.0 Å². The topological polar surface area (TPSA) is 32.8 Å². The summed E-state index contributed by atoms with van der Waals surface area (Å²) < 4.78 is 5.32. The van der Waals surface area contributed by atoms with E-state index in [4.69, 9.17) is 4.74 Å². The zero-order chi connectivity index (χ0) is 22.2. The van der Waals surface area contributed by atoms with Crippen molar-refractivity contribution < 1.29 is 9.53 Å². The van der Waals surface area contributed by atoms with Crippen molar-refractivity contribution in [2.45, 2.75) is 25.8 Å². The van der Waals surface area contributed by atoms with Crippen LogP contribution in [0, 0.1) is 0 Å². The average molecular weight is 417 g/mol. The molecule has 0 heterocycles. The van der Waals surface area contributed by atoms with E-state index in [1.54, 1.807) is 14.0 Å². The van der Waals surface area contributed by atoms with E-state index in [0.717, 1.165) is 23.4 Å². The Morgan fingerprint density at radius 2 is 1.48 bits per heavy atom. The molecule has 0 radical (unpaired) electrons. The Kier molecular flexibility index (Phi) is 7.71. The molecule has 31 heavy (non-hydrogen) atoms. The van der Waals surface area contributed by atoms with Gasteiger partial charge in [-0.2, -0.15) is 0 Å². The maximum atomic E-state index is 12.4. The van der Waals surface area contributed by atoms with E-state index in [1.807, 2.05) is 37.2 Å². The van der Waals surface area contributed by atoms with Gasteiger partial charge in [-0.3, -0.25) is 4.79 Å². The van der Waals surface area contributed by atoms with Crippen LogP contribution in [0.5, 0.6) is 5.75 Å². The normalized spacial score (nSPS) is 11.6. The third-order valence-corrected chi connectivity index (χ3v) is 5.68. The largest absolute Gasteiger partial charge is 0.497 e. The summed E-state index contributed by atoms with van der Waals surface area (Å²) in [6.07, 6.45) is 0.853. The van der Waals surface area contributed by atoms with Crippen molar-refractivity contribution >= 4 is 11.6 Å². The quantitative estimate of drug-likeness (QED) is 0.472. The predicted octanol–water partition coefficient (Wildman–Crippen LogP) is 5.33. The smallest absolute Gasteiger partial charge is 0.219 e. The molecule has 0 N–H and O–H groups in total. The number of amides is 1. The van der Waals surface area contributed by atoms with Crippen molar-refractivity contribution in [1.82, 2.24) is 4.90 Å². The highest BCUT2D eigenvalue weighted by molar-refractivity contribution is 5.73. The molecule has 162 valence electrons. The van der Waals surface area contributed by atoms with Crippen LogP contribution in [-0.4, -0.2) is 38.6 Å². The molecule has 3 aromatic carbocycles. The SMILES string of the molecule is COc1ccc(C(CCN(Cc2ccc(N(C)C)cc2)C(C)=O)c2ccccc2)cc1. The summed E-state index contributed by atoms with van der Waals surface area (Å²) in [7, 11) is 5.74. The molecule has 0 saturated carbocycles. The number of anilines is 1.